The molecule has 0 aliphatic heterocycles. The van der Waals surface area contributed by atoms with Gasteiger partial charge in [0.05, 0.1) is 25.3 Å². The Balaban J connectivity index is 2.96. The zero-order valence-corrected chi connectivity index (χ0v) is 9.77. The van der Waals surface area contributed by atoms with Crippen LogP contribution in [0.4, 0.5) is 0 Å². The van der Waals surface area contributed by atoms with Crippen LogP contribution >= 0.6 is 0 Å². The lowest BCUT2D eigenvalue weighted by atomic mass is 10.1. The molecule has 0 unspecified atom stereocenters. The van der Waals surface area contributed by atoms with Gasteiger partial charge in [-0.3, -0.25) is 0 Å². The Kier molecular flexibility index (Phi) is 4.77. The molecule has 0 aliphatic rings. The van der Waals surface area contributed by atoms with Crippen LogP contribution in [0.3, 0.4) is 0 Å². The number of nitrogens with zero attached hydrogens (tertiary/aromatic N) is 1. The fourth-order valence-electron chi connectivity index (χ4n) is 1.26. The summed E-state index contributed by atoms with van der Waals surface area (Å²) in [6.45, 7) is 2.06. The van der Waals surface area contributed by atoms with Crippen molar-refractivity contribution in [3.63, 3.8) is 0 Å². The van der Waals surface area contributed by atoms with Crippen molar-refractivity contribution in [3.8, 4) is 11.8 Å². The lowest BCUT2D eigenvalue weighted by Crippen LogP contribution is -1.98. The summed E-state index contributed by atoms with van der Waals surface area (Å²) in [6, 6.07) is 7.07. The van der Waals surface area contributed by atoms with Gasteiger partial charge < -0.3 is 9.47 Å². The summed E-state index contributed by atoms with van der Waals surface area (Å²) in [5.41, 5.74) is 1.10. The Morgan fingerprint density at radius 2 is 2.29 bits per heavy atom. The largest absolute Gasteiger partial charge is 0.497 e. The van der Waals surface area contributed by atoms with Gasteiger partial charge in [0, 0.05) is 6.08 Å². The number of rotatable bonds is 4. The van der Waals surface area contributed by atoms with E-state index in [1.54, 1.807) is 38.3 Å². The van der Waals surface area contributed by atoms with E-state index in [1.807, 2.05) is 6.07 Å². The smallest absolute Gasteiger partial charge is 0.330 e. The van der Waals surface area contributed by atoms with Crippen molar-refractivity contribution in [1.29, 1.82) is 5.26 Å². The van der Waals surface area contributed by atoms with Crippen LogP contribution in [-0.4, -0.2) is 19.7 Å². The van der Waals surface area contributed by atoms with Crippen molar-refractivity contribution >= 4 is 12.0 Å². The van der Waals surface area contributed by atoms with E-state index in [0.29, 0.717) is 23.5 Å². The summed E-state index contributed by atoms with van der Waals surface area (Å²) in [6.07, 6.45) is 2.83. The van der Waals surface area contributed by atoms with Crippen LogP contribution in [0.1, 0.15) is 18.1 Å². The molecule has 0 bridgehead atoms. The van der Waals surface area contributed by atoms with Crippen molar-refractivity contribution in [1.82, 2.24) is 0 Å². The first-order valence-electron chi connectivity index (χ1n) is 5.14. The highest BCUT2D eigenvalue weighted by molar-refractivity contribution is 5.87. The zero-order valence-electron chi connectivity index (χ0n) is 9.77. The van der Waals surface area contributed by atoms with Gasteiger partial charge in [-0.15, -0.1) is 0 Å². The fraction of sp³-hybridized carbons (Fsp3) is 0.231. The van der Waals surface area contributed by atoms with Crippen molar-refractivity contribution in [2.45, 2.75) is 6.92 Å². The maximum Gasteiger partial charge on any atom is 0.330 e. The molecule has 0 atom stereocenters. The lowest BCUT2D eigenvalue weighted by molar-refractivity contribution is -0.137. The third-order valence-electron chi connectivity index (χ3n) is 2.06. The SMILES string of the molecule is CCOC(=O)C=Cc1cc(OC)ccc1C#N. The molecule has 0 aliphatic carbocycles. The molecule has 0 saturated heterocycles. The number of carbonyl (C=O) groups is 1. The maximum absolute atomic E-state index is 11.1. The molecule has 0 amide bonds. The van der Waals surface area contributed by atoms with Crippen molar-refractivity contribution in [2.24, 2.45) is 0 Å². The molecular formula is C13H13NO3. The quantitative estimate of drug-likeness (QED) is 0.588. The Morgan fingerprint density at radius 1 is 1.53 bits per heavy atom. The summed E-state index contributed by atoms with van der Waals surface area (Å²) < 4.78 is 9.80. The van der Waals surface area contributed by atoms with Gasteiger partial charge in [0.1, 0.15) is 5.75 Å². The van der Waals surface area contributed by atoms with Gasteiger partial charge in [-0.2, -0.15) is 5.26 Å². The van der Waals surface area contributed by atoms with E-state index < -0.39 is 5.97 Å². The number of carbonyl (C=O) groups excluding carboxylic acids is 1. The highest BCUT2D eigenvalue weighted by atomic mass is 16.5. The minimum Gasteiger partial charge on any atom is -0.497 e. The van der Waals surface area contributed by atoms with Crippen LogP contribution in [0, 0.1) is 11.3 Å². The Hall–Kier alpha value is -2.28. The third-order valence-corrected chi connectivity index (χ3v) is 2.06. The second-order valence-corrected chi connectivity index (χ2v) is 3.15. The molecule has 17 heavy (non-hydrogen) atoms. The summed E-state index contributed by atoms with van der Waals surface area (Å²) in [5.74, 6) is 0.201. The van der Waals surface area contributed by atoms with E-state index in [1.165, 1.54) is 6.08 Å². The molecule has 1 aromatic carbocycles. The normalized spacial score (nSPS) is 9.94. The molecule has 0 heterocycles. The number of ether oxygens (including phenoxy) is 2. The first-order chi connectivity index (χ1) is 8.21. The average Bonchev–Trinajstić information content (AvgIpc) is 2.36. The number of nitriles is 1. The van der Waals surface area contributed by atoms with E-state index in [0.717, 1.165) is 0 Å². The minimum atomic E-state index is -0.431. The number of hydrogen-bond donors (Lipinski definition) is 0. The molecule has 0 aromatic heterocycles. The lowest BCUT2D eigenvalue weighted by Gasteiger charge is -2.02. The average molecular weight is 231 g/mol. The standard InChI is InChI=1S/C13H13NO3/c1-3-17-13(15)7-5-10-8-12(16-2)6-4-11(10)9-14/h4-8H,3H2,1-2H3. The van der Waals surface area contributed by atoms with Crippen molar-refractivity contribution in [3.05, 3.63) is 35.4 Å². The summed E-state index contributed by atoms with van der Waals surface area (Å²) in [4.78, 5) is 11.1. The molecule has 0 fully saturated rings. The highest BCUT2D eigenvalue weighted by Crippen LogP contribution is 2.18. The molecule has 0 N–H and O–H groups in total. The fourth-order valence-corrected chi connectivity index (χ4v) is 1.26. The molecule has 1 rings (SSSR count). The molecule has 88 valence electrons. The highest BCUT2D eigenvalue weighted by Gasteiger charge is 2.02. The molecule has 0 saturated carbocycles. The van der Waals surface area contributed by atoms with E-state index >= 15 is 0 Å². The number of hydrogen-bond acceptors (Lipinski definition) is 4. The maximum atomic E-state index is 11.1. The molecular weight excluding hydrogens is 218 g/mol. The molecule has 4 nitrogen and oxygen atoms in total. The second-order valence-electron chi connectivity index (χ2n) is 3.15. The molecule has 4 heteroatoms. The van der Waals surface area contributed by atoms with Crippen LogP contribution in [0.2, 0.25) is 0 Å². The van der Waals surface area contributed by atoms with Crippen LogP contribution in [-0.2, 0) is 9.53 Å². The van der Waals surface area contributed by atoms with Crippen molar-refractivity contribution in [2.75, 3.05) is 13.7 Å². The van der Waals surface area contributed by atoms with Crippen LogP contribution in [0.5, 0.6) is 5.75 Å². The first kappa shape index (κ1) is 12.8. The van der Waals surface area contributed by atoms with Gasteiger partial charge in [-0.25, -0.2) is 4.79 Å². The summed E-state index contributed by atoms with van der Waals surface area (Å²) >= 11 is 0. The zero-order chi connectivity index (χ0) is 12.7. The Morgan fingerprint density at radius 3 is 2.88 bits per heavy atom. The Labute approximate surface area is 100 Å². The van der Waals surface area contributed by atoms with E-state index in [2.05, 4.69) is 0 Å². The number of benzene rings is 1. The topological polar surface area (TPSA) is 59.3 Å². The van der Waals surface area contributed by atoms with Gasteiger partial charge in [0.2, 0.25) is 0 Å². The van der Waals surface area contributed by atoms with E-state index in [4.69, 9.17) is 14.7 Å². The van der Waals surface area contributed by atoms with Gasteiger partial charge in [-0.1, -0.05) is 0 Å². The summed E-state index contributed by atoms with van der Waals surface area (Å²) in [5, 5.41) is 8.91. The monoisotopic (exact) mass is 231 g/mol. The number of methoxy groups -OCH3 is 1. The predicted molar refractivity (Wildman–Crippen MR) is 63.4 cm³/mol. The van der Waals surface area contributed by atoms with Crippen LogP contribution < -0.4 is 4.74 Å². The van der Waals surface area contributed by atoms with Crippen LogP contribution in [0.15, 0.2) is 24.3 Å². The van der Waals surface area contributed by atoms with Gasteiger partial charge >= 0.3 is 5.97 Å². The van der Waals surface area contributed by atoms with Gasteiger partial charge in [0.15, 0.2) is 0 Å². The minimum absolute atomic E-state index is 0.326. The van der Waals surface area contributed by atoms with Crippen molar-refractivity contribution < 1.29 is 14.3 Å². The van der Waals surface area contributed by atoms with E-state index in [-0.39, 0.29) is 0 Å². The summed E-state index contributed by atoms with van der Waals surface area (Å²) in [7, 11) is 1.54. The van der Waals surface area contributed by atoms with Gasteiger partial charge in [0.25, 0.3) is 0 Å². The van der Waals surface area contributed by atoms with E-state index in [9.17, 15) is 4.79 Å². The number of esters is 1. The second kappa shape index (κ2) is 6.33. The molecule has 1 aromatic rings. The predicted octanol–water partition coefficient (Wildman–Crippen LogP) is 2.14. The third kappa shape index (κ3) is 3.65. The van der Waals surface area contributed by atoms with Gasteiger partial charge in [-0.05, 0) is 36.8 Å². The molecule has 0 spiro atoms. The Bertz CT molecular complexity index is 472. The van der Waals surface area contributed by atoms with Crippen LogP contribution in [0.25, 0.3) is 6.08 Å². The first-order valence-corrected chi connectivity index (χ1v) is 5.14. The molecule has 0 radical (unpaired) electrons.